The van der Waals surface area contributed by atoms with Crippen molar-refractivity contribution < 1.29 is 80.5 Å². The van der Waals surface area contributed by atoms with Crippen molar-refractivity contribution in [3.8, 4) is 56.9 Å². The molecule has 0 aliphatic carbocycles. The second-order valence-corrected chi connectivity index (χ2v) is 32.2. The third-order valence-corrected chi connectivity index (χ3v) is 16.4. The third kappa shape index (κ3) is 26.2. The van der Waals surface area contributed by atoms with Crippen molar-refractivity contribution >= 4 is 103 Å². The fourth-order valence-corrected chi connectivity index (χ4v) is 10.4. The smallest absolute Gasteiger partial charge is 0.144 e. The summed E-state index contributed by atoms with van der Waals surface area (Å²) < 4.78 is 83.0. The molecule has 0 fully saturated rings. The number of rotatable bonds is 6. The molecule has 12 rings (SSSR count). The molecule has 0 aliphatic heterocycles. The van der Waals surface area contributed by atoms with Gasteiger partial charge in [0, 0.05) is 138 Å². The number of hydrogen-bond donors (Lipinski definition) is 2. The molecule has 0 spiro atoms. The summed E-state index contributed by atoms with van der Waals surface area (Å²) in [7, 11) is 5.39. The SMILES string of the molecule is C.CC#CC.CO.CO.CS(=O)(=O)[O-].C[Si](C)(C)c1ccc2oc3c(-c4ccccn4)[c-]ccc3c2c1.C[Si](C)(C)c1ccc2oc3c(-c4ccccn4)cccc3c2c1.[2H]C([2H])([2H])c1ccc(-c2[c-]cccc2)nc1.[2H]C([2H])([2H])c1ccc(-c2[c-]cccc2)nc1.[B][B][B].[Ir].[Ir]. The van der Waals surface area contributed by atoms with E-state index in [1.165, 1.54) is 38.9 Å². The summed E-state index contributed by atoms with van der Waals surface area (Å²) in [4.78, 5) is 17.2. The number of aliphatic hydroxyl groups excluding tert-OH is 2. The van der Waals surface area contributed by atoms with E-state index in [1.807, 2.05) is 98.9 Å². The zero-order valence-corrected chi connectivity index (χ0v) is 59.7. The van der Waals surface area contributed by atoms with Crippen LogP contribution in [0.1, 0.15) is 40.6 Å². The van der Waals surface area contributed by atoms with Crippen molar-refractivity contribution in [2.45, 2.75) is 74.3 Å². The molecule has 19 heteroatoms. The zero-order valence-electron chi connectivity index (χ0n) is 58.1. The van der Waals surface area contributed by atoms with Crippen LogP contribution in [0, 0.1) is 43.7 Å². The number of furan rings is 2. The Morgan fingerprint density at radius 2 is 0.956 bits per heavy atom. The molecular weight excluding hydrogens is 1540 g/mol. The van der Waals surface area contributed by atoms with Crippen LogP contribution in [-0.4, -0.2) is 102 Å². The first-order chi connectivity index (χ1) is 44.5. The van der Waals surface area contributed by atoms with Crippen molar-refractivity contribution in [3.63, 3.8) is 0 Å². The van der Waals surface area contributed by atoms with Gasteiger partial charge in [-0.2, -0.15) is 0 Å². The van der Waals surface area contributed by atoms with Crippen LogP contribution in [0.2, 0.25) is 39.3 Å². The Morgan fingerprint density at radius 1 is 0.527 bits per heavy atom. The van der Waals surface area contributed by atoms with Gasteiger partial charge in [-0.1, -0.05) is 147 Å². The Hall–Kier alpha value is -7.16. The van der Waals surface area contributed by atoms with E-state index in [0.29, 0.717) is 6.26 Å². The number of benzene rings is 6. The van der Waals surface area contributed by atoms with Gasteiger partial charge in [0.1, 0.15) is 16.7 Å². The first-order valence-corrected chi connectivity index (χ1v) is 36.3. The van der Waals surface area contributed by atoms with Crippen molar-refractivity contribution in [2.24, 2.45) is 0 Å². The maximum absolute atomic E-state index is 9.08. The number of para-hydroxylation sites is 1. The molecule has 91 heavy (non-hydrogen) atoms. The van der Waals surface area contributed by atoms with Crippen LogP contribution in [-0.2, 0) is 50.3 Å². The van der Waals surface area contributed by atoms with Crippen molar-refractivity contribution in [1.82, 2.24) is 19.9 Å². The number of aliphatic hydroxyl groups is 2. The number of nitrogens with zero attached hydrogens (tertiary/aromatic N) is 4. The van der Waals surface area contributed by atoms with Gasteiger partial charge < -0.3 is 38.6 Å². The summed E-state index contributed by atoms with van der Waals surface area (Å²) in [5.74, 6) is 5.36. The van der Waals surface area contributed by atoms with Gasteiger partial charge in [0.25, 0.3) is 0 Å². The average Bonchev–Trinajstić information content (AvgIpc) is 1.63. The molecule has 6 aromatic heterocycles. The molecule has 6 aromatic carbocycles. The van der Waals surface area contributed by atoms with Crippen LogP contribution in [0.3, 0.4) is 0 Å². The Labute approximate surface area is 581 Å². The minimum absolute atomic E-state index is 0. The van der Waals surface area contributed by atoms with Crippen molar-refractivity contribution in [1.29, 1.82) is 0 Å². The number of pyridine rings is 4. The second-order valence-electron chi connectivity index (χ2n) is 20.6. The number of fused-ring (bicyclic) bond motifs is 6. The van der Waals surface area contributed by atoms with Crippen LogP contribution >= 0.6 is 0 Å². The maximum Gasteiger partial charge on any atom is 0.144 e. The first kappa shape index (κ1) is 71.3. The summed E-state index contributed by atoms with van der Waals surface area (Å²) in [6, 6.07) is 66.3. The number of aromatic nitrogens is 4. The predicted octanol–water partition coefficient (Wildman–Crippen LogP) is 14.8. The van der Waals surface area contributed by atoms with Crippen LogP contribution in [0.25, 0.3) is 88.9 Å². The van der Waals surface area contributed by atoms with Gasteiger partial charge in [-0.05, 0) is 92.2 Å². The topological polar surface area (TPSA) is 175 Å². The van der Waals surface area contributed by atoms with Gasteiger partial charge >= 0.3 is 0 Å². The summed E-state index contributed by atoms with van der Waals surface area (Å²) >= 11 is 0. The fraction of sp³-hybridized carbons (Fsp3) is 0.194. The quantitative estimate of drug-likeness (QED) is 0.0701. The normalized spacial score (nSPS) is 11.3. The Balaban J connectivity index is 0.000000602. The summed E-state index contributed by atoms with van der Waals surface area (Å²) in [5.41, 5.74) is 11.2. The molecule has 0 atom stereocenters. The zero-order chi connectivity index (χ0) is 69.9. The van der Waals surface area contributed by atoms with E-state index in [2.05, 4.69) is 165 Å². The van der Waals surface area contributed by atoms with E-state index in [9.17, 15) is 0 Å². The molecule has 2 N–H and O–H groups in total. The molecule has 0 amide bonds. The number of hydrogen-bond acceptors (Lipinski definition) is 11. The van der Waals surface area contributed by atoms with Crippen molar-refractivity contribution in [2.75, 3.05) is 20.5 Å². The largest absolute Gasteiger partial charge is 0.748 e. The van der Waals surface area contributed by atoms with Crippen LogP contribution in [0.15, 0.2) is 210 Å². The summed E-state index contributed by atoms with van der Waals surface area (Å²) in [6.45, 7) is 13.7. The van der Waals surface area contributed by atoms with Crippen LogP contribution in [0.4, 0.5) is 0 Å². The van der Waals surface area contributed by atoms with Crippen LogP contribution in [0.5, 0.6) is 0 Å². The molecule has 0 bridgehead atoms. The van der Waals surface area contributed by atoms with E-state index < -0.39 is 40.0 Å². The van der Waals surface area contributed by atoms with E-state index >= 15 is 0 Å². The van der Waals surface area contributed by atoms with Gasteiger partial charge in [-0.25, -0.2) is 8.42 Å². The average molecular weight is 1620 g/mol. The van der Waals surface area contributed by atoms with Gasteiger partial charge in [-0.15, -0.1) is 102 Å². The molecule has 12 aromatic rings. The molecular formula is C72H78B3Ir2N4O7SSi2-4. The van der Waals surface area contributed by atoms with E-state index in [1.54, 1.807) is 42.6 Å². The standard InChI is InChI=1S/C20H19NOSi.C20H18NOSi.2C12H10N.C4H6.CH4O3S.2CH4O.CH4.B3.2Ir/c2*1-23(2,3)14-10-11-19-17(13-14)15-7-6-8-16(20(15)22-19)18-9-4-5-12-21-18;2*1-10-7-8-12(13-9-10)11-5-3-2-4-6-11;1-3-4-2;1-5(2,3)4;2*1-2;;1-3-2;;/h4-13H,1-3H3;4-7,9-13H,1-3H3;2*2-5,7-9H,1H3;1-2H3;1H3,(H,2,3,4);2*2H,1H3;1H4;;;/q;3*-1;;;;;;;;/p-1/i;;2*1D3;;;;;;;;. The van der Waals surface area contributed by atoms with Gasteiger partial charge in [-0.3, -0.25) is 4.98 Å². The van der Waals surface area contributed by atoms with E-state index in [4.69, 9.17) is 40.2 Å². The summed E-state index contributed by atoms with van der Waals surface area (Å²) in [5, 5.41) is 21.6. The van der Waals surface area contributed by atoms with Gasteiger partial charge in [0.05, 0.1) is 37.5 Å². The monoisotopic (exact) mass is 1620 g/mol. The van der Waals surface area contributed by atoms with Crippen LogP contribution < -0.4 is 10.4 Å². The predicted molar refractivity (Wildman–Crippen MR) is 380 cm³/mol. The van der Waals surface area contributed by atoms with Crippen molar-refractivity contribution in [3.05, 3.63) is 230 Å². The first-order valence-electron chi connectivity index (χ1n) is 30.5. The number of aryl methyl sites for hydroxylation is 2. The Kier molecular flexibility index (Phi) is 32.4. The molecule has 11 nitrogen and oxygen atoms in total. The molecule has 0 saturated heterocycles. The van der Waals surface area contributed by atoms with E-state index in [0.717, 1.165) is 94.0 Å². The third-order valence-electron chi connectivity index (χ3n) is 12.3. The molecule has 473 valence electrons. The molecule has 0 aliphatic rings. The molecule has 0 saturated carbocycles. The molecule has 7 radical (unpaired) electrons. The summed E-state index contributed by atoms with van der Waals surface area (Å²) in [6.07, 6.45) is 7.01. The molecule has 6 heterocycles. The second kappa shape index (κ2) is 41.3. The van der Waals surface area contributed by atoms with Gasteiger partial charge in [0.2, 0.25) is 0 Å². The molecule has 0 unspecified atom stereocenters. The minimum Gasteiger partial charge on any atom is -0.748 e. The van der Waals surface area contributed by atoms with Gasteiger partial charge in [0.15, 0.2) is 0 Å². The van der Waals surface area contributed by atoms with E-state index in [-0.39, 0.29) is 58.8 Å². The maximum atomic E-state index is 9.08. The Bertz CT molecular complexity index is 4160. The minimum atomic E-state index is -3.92. The fourth-order valence-electron chi connectivity index (χ4n) is 8.11. The Morgan fingerprint density at radius 3 is 1.33 bits per heavy atom.